The summed E-state index contributed by atoms with van der Waals surface area (Å²) in [6.07, 6.45) is 2.58. The molecular formula is C22H25BrN2O4S. The van der Waals surface area contributed by atoms with Gasteiger partial charge in [0.05, 0.1) is 11.1 Å². The molecular weight excluding hydrogens is 468 g/mol. The predicted molar refractivity (Wildman–Crippen MR) is 121 cm³/mol. The van der Waals surface area contributed by atoms with Gasteiger partial charge in [0.25, 0.3) is 0 Å². The zero-order valence-corrected chi connectivity index (χ0v) is 19.0. The molecule has 1 amide bonds. The Hall–Kier alpha value is -2.16. The summed E-state index contributed by atoms with van der Waals surface area (Å²) in [4.78, 5) is 14.2. The van der Waals surface area contributed by atoms with Gasteiger partial charge in [0.2, 0.25) is 15.9 Å². The van der Waals surface area contributed by atoms with Crippen molar-refractivity contribution < 1.29 is 17.9 Å². The fourth-order valence-electron chi connectivity index (χ4n) is 3.13. The van der Waals surface area contributed by atoms with Gasteiger partial charge in [0.1, 0.15) is 5.75 Å². The second kappa shape index (κ2) is 10.7. The van der Waals surface area contributed by atoms with E-state index in [2.05, 4.69) is 15.9 Å². The van der Waals surface area contributed by atoms with Crippen molar-refractivity contribution in [2.75, 3.05) is 32.8 Å². The molecule has 8 heteroatoms. The molecule has 1 aliphatic heterocycles. The Bertz CT molecular complexity index is 972. The van der Waals surface area contributed by atoms with E-state index in [4.69, 9.17) is 4.74 Å². The van der Waals surface area contributed by atoms with Gasteiger partial charge in [-0.05, 0) is 46.1 Å². The van der Waals surface area contributed by atoms with Crippen molar-refractivity contribution in [3.63, 3.8) is 0 Å². The first-order chi connectivity index (χ1) is 14.5. The highest BCUT2D eigenvalue weighted by atomic mass is 79.9. The van der Waals surface area contributed by atoms with E-state index in [1.807, 2.05) is 54.6 Å². The Morgan fingerprint density at radius 1 is 1.00 bits per heavy atom. The van der Waals surface area contributed by atoms with Gasteiger partial charge in [-0.2, -0.15) is 4.31 Å². The molecule has 0 unspecified atom stereocenters. The van der Waals surface area contributed by atoms with Crippen LogP contribution in [0.1, 0.15) is 18.4 Å². The van der Waals surface area contributed by atoms with Gasteiger partial charge in [-0.1, -0.05) is 42.5 Å². The van der Waals surface area contributed by atoms with Crippen LogP contribution in [0.25, 0.3) is 6.08 Å². The second-order valence-electron chi connectivity index (χ2n) is 6.92. The van der Waals surface area contributed by atoms with E-state index in [1.165, 1.54) is 9.71 Å². The Morgan fingerprint density at radius 3 is 2.37 bits per heavy atom. The molecule has 1 aliphatic rings. The largest absolute Gasteiger partial charge is 0.492 e. The maximum Gasteiger partial charge on any atom is 0.236 e. The molecule has 0 bridgehead atoms. The lowest BCUT2D eigenvalue weighted by molar-refractivity contribution is -0.132. The van der Waals surface area contributed by atoms with E-state index in [9.17, 15) is 13.2 Å². The van der Waals surface area contributed by atoms with E-state index in [0.29, 0.717) is 45.6 Å². The van der Waals surface area contributed by atoms with E-state index in [1.54, 1.807) is 11.0 Å². The summed E-state index contributed by atoms with van der Waals surface area (Å²) in [5.41, 5.74) is 0.833. The van der Waals surface area contributed by atoms with Crippen molar-refractivity contribution in [3.05, 3.63) is 70.0 Å². The van der Waals surface area contributed by atoms with Crippen LogP contribution in [0.15, 0.2) is 64.5 Å². The number of halogens is 1. The van der Waals surface area contributed by atoms with Crippen LogP contribution in [0.4, 0.5) is 0 Å². The summed E-state index contributed by atoms with van der Waals surface area (Å²) in [7, 11) is -3.50. The van der Waals surface area contributed by atoms with Crippen LogP contribution >= 0.6 is 15.9 Å². The topological polar surface area (TPSA) is 66.9 Å². The van der Waals surface area contributed by atoms with Gasteiger partial charge in [0, 0.05) is 38.0 Å². The Balaban J connectivity index is 1.41. The lowest BCUT2D eigenvalue weighted by Crippen LogP contribution is -2.50. The Labute approximate surface area is 186 Å². The van der Waals surface area contributed by atoms with E-state index in [0.717, 1.165) is 15.8 Å². The summed E-state index contributed by atoms with van der Waals surface area (Å²) in [6.45, 7) is 1.87. The van der Waals surface area contributed by atoms with Gasteiger partial charge < -0.3 is 9.64 Å². The predicted octanol–water partition coefficient (Wildman–Crippen LogP) is 3.75. The van der Waals surface area contributed by atoms with Crippen LogP contribution in [0.2, 0.25) is 0 Å². The van der Waals surface area contributed by atoms with Gasteiger partial charge >= 0.3 is 0 Å². The highest BCUT2D eigenvalue weighted by molar-refractivity contribution is 9.10. The lowest BCUT2D eigenvalue weighted by atomic mass is 10.2. The molecule has 0 saturated carbocycles. The van der Waals surface area contributed by atoms with Crippen molar-refractivity contribution >= 4 is 37.9 Å². The first-order valence-corrected chi connectivity index (χ1v) is 12.1. The number of carbonyl (C=O) groups is 1. The summed E-state index contributed by atoms with van der Waals surface area (Å²) in [6, 6.07) is 16.9. The third kappa shape index (κ3) is 6.42. The monoisotopic (exact) mass is 492 g/mol. The number of carbonyl (C=O) groups excluding carboxylic acids is 1. The molecule has 1 saturated heterocycles. The number of hydrogen-bond acceptors (Lipinski definition) is 4. The molecule has 0 aromatic heterocycles. The zero-order chi connectivity index (χ0) is 21.4. The lowest BCUT2D eigenvalue weighted by Gasteiger charge is -2.33. The summed E-state index contributed by atoms with van der Waals surface area (Å²) < 4.78 is 33.0. The molecule has 6 nitrogen and oxygen atoms in total. The normalized spacial score (nSPS) is 15.4. The molecule has 0 aliphatic carbocycles. The molecule has 2 aromatic rings. The van der Waals surface area contributed by atoms with Gasteiger partial charge in [-0.25, -0.2) is 8.42 Å². The van der Waals surface area contributed by atoms with Crippen LogP contribution < -0.4 is 4.74 Å². The SMILES string of the molecule is O=C(CCCOc1ccccc1Br)N1CCN(S(=O)(=O)/C=C/c2ccccc2)CC1. The highest BCUT2D eigenvalue weighted by Crippen LogP contribution is 2.24. The van der Waals surface area contributed by atoms with Crippen LogP contribution in [-0.4, -0.2) is 56.3 Å². The van der Waals surface area contributed by atoms with Gasteiger partial charge in [-0.3, -0.25) is 4.79 Å². The van der Waals surface area contributed by atoms with Gasteiger partial charge in [0.15, 0.2) is 0 Å². The minimum atomic E-state index is -3.50. The highest BCUT2D eigenvalue weighted by Gasteiger charge is 2.27. The van der Waals surface area contributed by atoms with Gasteiger partial charge in [-0.15, -0.1) is 0 Å². The number of ether oxygens (including phenoxy) is 1. The summed E-state index contributed by atoms with van der Waals surface area (Å²) in [5, 5.41) is 1.23. The molecule has 160 valence electrons. The van der Waals surface area contributed by atoms with Crippen LogP contribution in [0.3, 0.4) is 0 Å². The number of rotatable bonds is 8. The average molecular weight is 493 g/mol. The van der Waals surface area contributed by atoms with E-state index >= 15 is 0 Å². The molecule has 0 atom stereocenters. The molecule has 1 fully saturated rings. The van der Waals surface area contributed by atoms with E-state index < -0.39 is 10.0 Å². The summed E-state index contributed by atoms with van der Waals surface area (Å²) in [5.74, 6) is 0.787. The van der Waals surface area contributed by atoms with Crippen LogP contribution in [0, 0.1) is 0 Å². The molecule has 0 spiro atoms. The standard InChI is InChI=1S/C22H25BrN2O4S/c23-20-9-4-5-10-21(20)29-17-6-11-22(26)24-13-15-25(16-14-24)30(27,28)18-12-19-7-2-1-3-8-19/h1-5,7-10,12,18H,6,11,13-17H2/b18-12+. The Morgan fingerprint density at radius 2 is 1.67 bits per heavy atom. The van der Waals surface area contributed by atoms with Crippen molar-refractivity contribution in [3.8, 4) is 5.75 Å². The van der Waals surface area contributed by atoms with Crippen LogP contribution in [0.5, 0.6) is 5.75 Å². The smallest absolute Gasteiger partial charge is 0.236 e. The van der Waals surface area contributed by atoms with Crippen molar-refractivity contribution in [2.45, 2.75) is 12.8 Å². The molecule has 0 radical (unpaired) electrons. The van der Waals surface area contributed by atoms with Crippen molar-refractivity contribution in [2.24, 2.45) is 0 Å². The summed E-state index contributed by atoms with van der Waals surface area (Å²) >= 11 is 3.43. The quantitative estimate of drug-likeness (QED) is 0.526. The molecule has 2 aromatic carbocycles. The number of nitrogens with zero attached hydrogens (tertiary/aromatic N) is 2. The third-order valence-electron chi connectivity index (χ3n) is 4.81. The molecule has 1 heterocycles. The number of amides is 1. The van der Waals surface area contributed by atoms with Crippen molar-refractivity contribution in [1.29, 1.82) is 0 Å². The Kier molecular flexibility index (Phi) is 8.07. The number of sulfonamides is 1. The molecule has 0 N–H and O–H groups in total. The minimum Gasteiger partial charge on any atom is -0.492 e. The number of piperazine rings is 1. The average Bonchev–Trinajstić information content (AvgIpc) is 2.77. The van der Waals surface area contributed by atoms with Crippen molar-refractivity contribution in [1.82, 2.24) is 9.21 Å². The number of benzene rings is 2. The van der Waals surface area contributed by atoms with Crippen LogP contribution in [-0.2, 0) is 14.8 Å². The first kappa shape index (κ1) is 22.5. The molecule has 3 rings (SSSR count). The van der Waals surface area contributed by atoms with E-state index in [-0.39, 0.29) is 5.91 Å². The maximum absolute atomic E-state index is 12.5. The number of para-hydroxylation sites is 1. The number of hydrogen-bond donors (Lipinski definition) is 0. The maximum atomic E-state index is 12.5. The fourth-order valence-corrected chi connectivity index (χ4v) is 4.70. The minimum absolute atomic E-state index is 0.0302. The molecule has 30 heavy (non-hydrogen) atoms. The zero-order valence-electron chi connectivity index (χ0n) is 16.6. The fraction of sp³-hybridized carbons (Fsp3) is 0.318. The third-order valence-corrected chi connectivity index (χ3v) is 7.03. The first-order valence-electron chi connectivity index (χ1n) is 9.84. The second-order valence-corrected chi connectivity index (χ2v) is 9.59.